The average Bonchev–Trinajstić information content (AvgIpc) is 2.78. The zero-order valence-corrected chi connectivity index (χ0v) is 8.31. The number of methoxy groups -OCH3 is 1. The van der Waals surface area contributed by atoms with Gasteiger partial charge in [-0.1, -0.05) is 12.1 Å². The molecule has 0 amide bonds. The molecule has 1 aromatic heterocycles. The number of ether oxygens (including phenoxy) is 1. The minimum Gasteiger partial charge on any atom is -0.462 e. The van der Waals surface area contributed by atoms with Gasteiger partial charge in [-0.15, -0.1) is 10.2 Å². The van der Waals surface area contributed by atoms with E-state index in [2.05, 4.69) is 14.9 Å². The number of nitrogens with zero attached hydrogens (tertiary/aromatic N) is 2. The van der Waals surface area contributed by atoms with E-state index in [4.69, 9.17) is 4.42 Å². The quantitative estimate of drug-likeness (QED) is 0.723. The van der Waals surface area contributed by atoms with Crippen molar-refractivity contribution in [1.82, 2.24) is 10.2 Å². The smallest absolute Gasteiger partial charge is 0.396 e. The lowest BCUT2D eigenvalue weighted by Crippen LogP contribution is -2.00. The molecule has 0 atom stereocenters. The van der Waals surface area contributed by atoms with Gasteiger partial charge in [-0.2, -0.15) is 0 Å². The van der Waals surface area contributed by atoms with Gasteiger partial charge in [0, 0.05) is 0 Å². The molecule has 16 heavy (non-hydrogen) atoms. The Hall–Kier alpha value is -2.24. The molecule has 5 nitrogen and oxygen atoms in total. The summed E-state index contributed by atoms with van der Waals surface area (Å²) in [5, 5.41) is 7.01. The molecule has 0 N–H and O–H groups in total. The Bertz CT molecular complexity index is 524. The van der Waals surface area contributed by atoms with Crippen LogP contribution in [0.5, 0.6) is 0 Å². The van der Waals surface area contributed by atoms with Crippen molar-refractivity contribution < 1.29 is 18.3 Å². The largest absolute Gasteiger partial charge is 0.462 e. The number of esters is 1. The van der Waals surface area contributed by atoms with Gasteiger partial charge in [-0.05, 0) is 12.1 Å². The van der Waals surface area contributed by atoms with Crippen LogP contribution in [0.2, 0.25) is 0 Å². The standard InChI is InChI=1S/C10H7FN2O3/c1-15-10(14)9-13-12-8(16-9)6-4-2-3-5-7(6)11/h2-5H,1H3. The summed E-state index contributed by atoms with van der Waals surface area (Å²) < 4.78 is 22.7. The minimum absolute atomic E-state index is 0.0569. The lowest BCUT2D eigenvalue weighted by atomic mass is 10.2. The molecule has 1 aromatic carbocycles. The summed E-state index contributed by atoms with van der Waals surface area (Å²) in [5.41, 5.74) is 0.144. The van der Waals surface area contributed by atoms with Crippen molar-refractivity contribution in [3.8, 4) is 11.5 Å². The van der Waals surface area contributed by atoms with Crippen LogP contribution in [0.15, 0.2) is 28.7 Å². The predicted molar refractivity (Wildman–Crippen MR) is 51.0 cm³/mol. The van der Waals surface area contributed by atoms with Crippen molar-refractivity contribution in [1.29, 1.82) is 0 Å². The van der Waals surface area contributed by atoms with Crippen LogP contribution >= 0.6 is 0 Å². The fraction of sp³-hybridized carbons (Fsp3) is 0.100. The maximum Gasteiger partial charge on any atom is 0.396 e. The third-order valence-electron chi connectivity index (χ3n) is 1.89. The Morgan fingerprint density at radius 2 is 2.12 bits per heavy atom. The molecular weight excluding hydrogens is 215 g/mol. The van der Waals surface area contributed by atoms with Crippen LogP contribution in [0.1, 0.15) is 10.7 Å². The normalized spacial score (nSPS) is 10.1. The molecule has 2 aromatic rings. The number of aromatic nitrogens is 2. The molecule has 82 valence electrons. The van der Waals surface area contributed by atoms with Crippen molar-refractivity contribution in [2.24, 2.45) is 0 Å². The highest BCUT2D eigenvalue weighted by Crippen LogP contribution is 2.20. The highest BCUT2D eigenvalue weighted by molar-refractivity contribution is 5.84. The highest BCUT2D eigenvalue weighted by Gasteiger charge is 2.17. The van der Waals surface area contributed by atoms with Crippen LogP contribution in [0.4, 0.5) is 4.39 Å². The molecule has 0 bridgehead atoms. The molecule has 0 spiro atoms. The van der Waals surface area contributed by atoms with Crippen molar-refractivity contribution >= 4 is 5.97 Å². The van der Waals surface area contributed by atoms with E-state index in [1.54, 1.807) is 6.07 Å². The maximum atomic E-state index is 13.3. The first-order chi connectivity index (χ1) is 7.72. The SMILES string of the molecule is COC(=O)c1nnc(-c2ccccc2F)o1. The van der Waals surface area contributed by atoms with Crippen molar-refractivity contribution in [3.05, 3.63) is 36.0 Å². The molecule has 6 heteroatoms. The number of carbonyl (C=O) groups excluding carboxylic acids is 1. The molecule has 0 fully saturated rings. The maximum absolute atomic E-state index is 13.3. The van der Waals surface area contributed by atoms with Crippen LogP contribution in [0, 0.1) is 5.82 Å². The lowest BCUT2D eigenvalue weighted by molar-refractivity contribution is 0.0556. The van der Waals surface area contributed by atoms with Crippen LogP contribution in [-0.2, 0) is 4.74 Å². The molecule has 0 saturated carbocycles. The average molecular weight is 222 g/mol. The molecule has 0 aliphatic carbocycles. The molecule has 0 radical (unpaired) electrons. The van der Waals surface area contributed by atoms with Gasteiger partial charge in [0.05, 0.1) is 12.7 Å². The van der Waals surface area contributed by atoms with Gasteiger partial charge in [0.25, 0.3) is 5.89 Å². The zero-order valence-electron chi connectivity index (χ0n) is 8.31. The van der Waals surface area contributed by atoms with Crippen LogP contribution in [0.3, 0.4) is 0 Å². The highest BCUT2D eigenvalue weighted by atomic mass is 19.1. The van der Waals surface area contributed by atoms with E-state index >= 15 is 0 Å². The third kappa shape index (κ3) is 1.77. The number of carbonyl (C=O) groups is 1. The lowest BCUT2D eigenvalue weighted by Gasteiger charge is -1.95. The first-order valence-electron chi connectivity index (χ1n) is 4.39. The van der Waals surface area contributed by atoms with Crippen molar-refractivity contribution in [3.63, 3.8) is 0 Å². The Morgan fingerprint density at radius 3 is 2.81 bits per heavy atom. The number of hydrogen-bond acceptors (Lipinski definition) is 5. The van der Waals surface area contributed by atoms with Gasteiger partial charge >= 0.3 is 11.9 Å². The Labute approximate surface area is 89.9 Å². The summed E-state index contributed by atoms with van der Waals surface area (Å²) in [7, 11) is 1.19. The van der Waals surface area contributed by atoms with Crippen LogP contribution < -0.4 is 0 Å². The van der Waals surface area contributed by atoms with E-state index < -0.39 is 11.8 Å². The van der Waals surface area contributed by atoms with Gasteiger partial charge in [-0.3, -0.25) is 0 Å². The van der Waals surface area contributed by atoms with E-state index in [1.165, 1.54) is 25.3 Å². The number of benzene rings is 1. The van der Waals surface area contributed by atoms with Gasteiger partial charge in [0.1, 0.15) is 5.82 Å². The minimum atomic E-state index is -0.755. The van der Waals surface area contributed by atoms with E-state index in [1.807, 2.05) is 0 Å². The zero-order chi connectivity index (χ0) is 11.5. The van der Waals surface area contributed by atoms with Crippen LogP contribution in [0.25, 0.3) is 11.5 Å². The van der Waals surface area contributed by atoms with Gasteiger partial charge in [-0.25, -0.2) is 9.18 Å². The first kappa shape index (κ1) is 10.3. The molecule has 0 aliphatic rings. The number of rotatable bonds is 2. The second-order valence-corrected chi connectivity index (χ2v) is 2.88. The second kappa shape index (κ2) is 4.09. The Morgan fingerprint density at radius 1 is 1.38 bits per heavy atom. The summed E-state index contributed by atoms with van der Waals surface area (Å²) in [6.07, 6.45) is 0. The summed E-state index contributed by atoms with van der Waals surface area (Å²) in [6.45, 7) is 0. The predicted octanol–water partition coefficient (Wildman–Crippen LogP) is 1.66. The summed E-state index contributed by atoms with van der Waals surface area (Å²) in [4.78, 5) is 11.0. The monoisotopic (exact) mass is 222 g/mol. The van der Waals surface area contributed by atoms with Gasteiger partial charge < -0.3 is 9.15 Å². The fourth-order valence-electron chi connectivity index (χ4n) is 1.14. The molecular formula is C10H7FN2O3. The number of halogens is 1. The molecule has 0 unspecified atom stereocenters. The molecule has 2 rings (SSSR count). The van der Waals surface area contributed by atoms with Gasteiger partial charge in [0.2, 0.25) is 0 Å². The molecule has 1 heterocycles. The third-order valence-corrected chi connectivity index (χ3v) is 1.89. The van der Waals surface area contributed by atoms with E-state index in [-0.39, 0.29) is 17.3 Å². The molecule has 0 aliphatic heterocycles. The van der Waals surface area contributed by atoms with Crippen molar-refractivity contribution in [2.45, 2.75) is 0 Å². The summed E-state index contributed by atoms with van der Waals surface area (Å²) >= 11 is 0. The van der Waals surface area contributed by atoms with E-state index in [0.717, 1.165) is 0 Å². The molecule has 0 saturated heterocycles. The topological polar surface area (TPSA) is 65.2 Å². The summed E-state index contributed by atoms with van der Waals surface area (Å²) in [5.74, 6) is -1.61. The van der Waals surface area contributed by atoms with Crippen LogP contribution in [-0.4, -0.2) is 23.3 Å². The van der Waals surface area contributed by atoms with Gasteiger partial charge in [0.15, 0.2) is 0 Å². The van der Waals surface area contributed by atoms with Crippen molar-refractivity contribution in [2.75, 3.05) is 7.11 Å². The Balaban J connectivity index is 2.39. The van der Waals surface area contributed by atoms with E-state index in [9.17, 15) is 9.18 Å². The fourth-order valence-corrected chi connectivity index (χ4v) is 1.14. The number of hydrogen-bond donors (Lipinski definition) is 0. The first-order valence-corrected chi connectivity index (χ1v) is 4.39. The Kier molecular flexibility index (Phi) is 2.63. The van der Waals surface area contributed by atoms with E-state index in [0.29, 0.717) is 0 Å². The second-order valence-electron chi connectivity index (χ2n) is 2.88. The summed E-state index contributed by atoms with van der Waals surface area (Å²) in [6, 6.07) is 5.90.